The quantitative estimate of drug-likeness (QED) is 0.755. The zero-order valence-corrected chi connectivity index (χ0v) is 16.4. The summed E-state index contributed by atoms with van der Waals surface area (Å²) in [4.78, 5) is 0. The number of thiocarbonyl (C=S) groups is 1. The fourth-order valence-corrected chi connectivity index (χ4v) is 6.24. The van der Waals surface area contributed by atoms with Crippen LogP contribution < -0.4 is 0 Å². The van der Waals surface area contributed by atoms with Crippen LogP contribution in [0.1, 0.15) is 52.9 Å². The van der Waals surface area contributed by atoms with E-state index in [1.807, 2.05) is 6.26 Å². The average molecular weight is 359 g/mol. The molecule has 132 valence electrons. The van der Waals surface area contributed by atoms with Gasteiger partial charge in [0.15, 0.2) is 0 Å². The molecule has 0 bridgehead atoms. The van der Waals surface area contributed by atoms with Crippen LogP contribution in [-0.2, 0) is 9.47 Å². The Bertz CT molecular complexity index is 485. The molecule has 1 N–H and O–H groups in total. The Kier molecular flexibility index (Phi) is 4.81. The molecule has 3 rings (SSSR count). The van der Waals surface area contributed by atoms with E-state index in [9.17, 15) is 5.11 Å². The first-order valence-corrected chi connectivity index (χ1v) is 10.4. The number of hydrogen-bond acceptors (Lipinski definition) is 5. The van der Waals surface area contributed by atoms with Crippen LogP contribution >= 0.6 is 24.0 Å². The predicted molar refractivity (Wildman–Crippen MR) is 98.7 cm³/mol. The molecule has 2 aliphatic carbocycles. The first-order chi connectivity index (χ1) is 10.8. The fourth-order valence-electron chi connectivity index (χ4n) is 6.00. The number of ether oxygens (including phenoxy) is 2. The monoisotopic (exact) mass is 358 g/mol. The van der Waals surface area contributed by atoms with Gasteiger partial charge in [0.2, 0.25) is 4.38 Å². The van der Waals surface area contributed by atoms with Crippen LogP contribution in [0.15, 0.2) is 0 Å². The summed E-state index contributed by atoms with van der Waals surface area (Å²) in [6.07, 6.45) is 6.92. The van der Waals surface area contributed by atoms with Crippen LogP contribution in [0.4, 0.5) is 0 Å². The van der Waals surface area contributed by atoms with Crippen molar-refractivity contribution in [3.8, 4) is 0 Å². The lowest BCUT2D eigenvalue weighted by atomic mass is 9.45. The van der Waals surface area contributed by atoms with Gasteiger partial charge in [-0.3, -0.25) is 0 Å². The first kappa shape index (κ1) is 18.0. The van der Waals surface area contributed by atoms with Crippen LogP contribution in [0.2, 0.25) is 0 Å². The van der Waals surface area contributed by atoms with Gasteiger partial charge in [-0.15, -0.1) is 0 Å². The van der Waals surface area contributed by atoms with Crippen molar-refractivity contribution in [1.29, 1.82) is 0 Å². The Morgan fingerprint density at radius 1 is 1.22 bits per heavy atom. The van der Waals surface area contributed by atoms with Gasteiger partial charge in [0.25, 0.3) is 0 Å². The number of aliphatic hydroxyl groups excluding tert-OH is 1. The largest absolute Gasteiger partial charge is 0.478 e. The van der Waals surface area contributed by atoms with Gasteiger partial charge in [0, 0.05) is 12.0 Å². The molecule has 5 heteroatoms. The lowest BCUT2D eigenvalue weighted by Crippen LogP contribution is -2.61. The minimum Gasteiger partial charge on any atom is -0.478 e. The van der Waals surface area contributed by atoms with Gasteiger partial charge < -0.3 is 14.6 Å². The molecule has 0 aromatic heterocycles. The van der Waals surface area contributed by atoms with E-state index >= 15 is 0 Å². The van der Waals surface area contributed by atoms with E-state index in [4.69, 9.17) is 21.7 Å². The number of hydrogen-bond donors (Lipinski definition) is 1. The van der Waals surface area contributed by atoms with E-state index in [1.54, 1.807) is 0 Å². The Hall–Kier alpha value is 0.160. The third-order valence-corrected chi connectivity index (χ3v) is 8.35. The molecule has 1 heterocycles. The maximum atomic E-state index is 10.8. The SMILES string of the molecule is CSC(=S)OC[C@@]1(C)[C@H]2CC[C@]3(C)OCC[C@H]3[C@]2(C)CC[C@H]1O. The molecule has 3 nitrogen and oxygen atoms in total. The summed E-state index contributed by atoms with van der Waals surface area (Å²) < 4.78 is 12.6. The highest BCUT2D eigenvalue weighted by molar-refractivity contribution is 8.22. The van der Waals surface area contributed by atoms with Crippen LogP contribution in [0.3, 0.4) is 0 Å². The molecule has 0 aromatic carbocycles. The van der Waals surface area contributed by atoms with Crippen LogP contribution in [0.5, 0.6) is 0 Å². The second-order valence-corrected chi connectivity index (χ2v) is 9.81. The molecule has 0 unspecified atom stereocenters. The Morgan fingerprint density at radius 3 is 2.65 bits per heavy atom. The van der Waals surface area contributed by atoms with Crippen molar-refractivity contribution < 1.29 is 14.6 Å². The molecule has 0 radical (unpaired) electrons. The molecule has 1 saturated heterocycles. The summed E-state index contributed by atoms with van der Waals surface area (Å²) in [6.45, 7) is 8.36. The van der Waals surface area contributed by atoms with E-state index in [0.29, 0.717) is 22.8 Å². The molecule has 3 fully saturated rings. The van der Waals surface area contributed by atoms with Gasteiger partial charge in [-0.25, -0.2) is 0 Å². The highest BCUT2D eigenvalue weighted by Crippen LogP contribution is 2.64. The molecular formula is C18H30O3S2. The van der Waals surface area contributed by atoms with Crippen molar-refractivity contribution in [1.82, 2.24) is 0 Å². The Balaban J connectivity index is 1.88. The number of rotatable bonds is 2. The van der Waals surface area contributed by atoms with Crippen molar-refractivity contribution in [3.63, 3.8) is 0 Å². The topological polar surface area (TPSA) is 38.7 Å². The van der Waals surface area contributed by atoms with Crippen LogP contribution in [0, 0.1) is 22.7 Å². The van der Waals surface area contributed by atoms with E-state index in [1.165, 1.54) is 11.8 Å². The minimum absolute atomic E-state index is 0.0316. The number of aliphatic hydroxyl groups is 1. The molecule has 0 aromatic rings. The number of thioether (sulfide) groups is 1. The third-order valence-electron chi connectivity index (χ3n) is 7.28. The van der Waals surface area contributed by atoms with E-state index in [0.717, 1.165) is 38.7 Å². The van der Waals surface area contributed by atoms with Crippen LogP contribution in [-0.4, -0.2) is 40.7 Å². The van der Waals surface area contributed by atoms with Crippen molar-refractivity contribution in [2.24, 2.45) is 22.7 Å². The summed E-state index contributed by atoms with van der Waals surface area (Å²) in [6, 6.07) is 0. The molecule has 3 aliphatic rings. The maximum Gasteiger partial charge on any atom is 0.219 e. The predicted octanol–water partition coefficient (Wildman–Crippen LogP) is 4.02. The van der Waals surface area contributed by atoms with Crippen molar-refractivity contribution in [3.05, 3.63) is 0 Å². The fraction of sp³-hybridized carbons (Fsp3) is 0.944. The van der Waals surface area contributed by atoms with Gasteiger partial charge in [-0.1, -0.05) is 25.6 Å². The Morgan fingerprint density at radius 2 is 1.96 bits per heavy atom. The molecule has 23 heavy (non-hydrogen) atoms. The second-order valence-electron chi connectivity index (χ2n) is 8.40. The summed E-state index contributed by atoms with van der Waals surface area (Å²) in [5.41, 5.74) is 0.0302. The summed E-state index contributed by atoms with van der Waals surface area (Å²) in [7, 11) is 0. The van der Waals surface area contributed by atoms with E-state index < -0.39 is 0 Å². The summed E-state index contributed by atoms with van der Waals surface area (Å²) in [5.74, 6) is 1.05. The highest BCUT2D eigenvalue weighted by Gasteiger charge is 2.63. The van der Waals surface area contributed by atoms with Crippen molar-refractivity contribution in [2.45, 2.75) is 64.6 Å². The molecule has 0 spiro atoms. The summed E-state index contributed by atoms with van der Waals surface area (Å²) >= 11 is 6.68. The smallest absolute Gasteiger partial charge is 0.219 e. The zero-order chi connectivity index (χ0) is 16.9. The van der Waals surface area contributed by atoms with Crippen LogP contribution in [0.25, 0.3) is 0 Å². The Labute approximate surface area is 149 Å². The van der Waals surface area contributed by atoms with Gasteiger partial charge in [0.1, 0.15) is 0 Å². The maximum absolute atomic E-state index is 10.8. The lowest BCUT2D eigenvalue weighted by Gasteiger charge is -2.61. The van der Waals surface area contributed by atoms with Gasteiger partial charge in [-0.05, 0) is 74.8 Å². The molecule has 2 saturated carbocycles. The second kappa shape index (κ2) is 6.15. The standard InChI is InChI=1S/C18H30O3S2/c1-16-8-6-14(19)17(2,11-20-15(22)23-4)12(16)5-9-18(3)13(16)7-10-21-18/h12-14,19H,5-11H2,1-4H3/t12-,13-,14+,16+,17-,18-/m0/s1. The summed E-state index contributed by atoms with van der Waals surface area (Å²) in [5, 5.41) is 10.8. The van der Waals surface area contributed by atoms with Crippen molar-refractivity contribution in [2.75, 3.05) is 19.5 Å². The average Bonchev–Trinajstić information content (AvgIpc) is 2.92. The zero-order valence-electron chi connectivity index (χ0n) is 14.8. The number of fused-ring (bicyclic) bond motifs is 3. The van der Waals surface area contributed by atoms with Gasteiger partial charge in [-0.2, -0.15) is 0 Å². The van der Waals surface area contributed by atoms with Crippen molar-refractivity contribution >= 4 is 28.4 Å². The third kappa shape index (κ3) is 2.76. The van der Waals surface area contributed by atoms with Gasteiger partial charge >= 0.3 is 0 Å². The highest BCUT2D eigenvalue weighted by atomic mass is 32.2. The molecule has 6 atom stereocenters. The normalized spacial score (nSPS) is 49.3. The lowest BCUT2D eigenvalue weighted by molar-refractivity contribution is -0.193. The van der Waals surface area contributed by atoms with E-state index in [-0.39, 0.29) is 22.5 Å². The molecular weight excluding hydrogens is 328 g/mol. The minimum atomic E-state index is -0.308. The van der Waals surface area contributed by atoms with E-state index in [2.05, 4.69) is 20.8 Å². The molecule has 1 aliphatic heterocycles. The van der Waals surface area contributed by atoms with Gasteiger partial charge in [0.05, 0.1) is 18.3 Å². The molecule has 0 amide bonds. The first-order valence-electron chi connectivity index (χ1n) is 8.79.